The highest BCUT2D eigenvalue weighted by Gasteiger charge is 2.01. The molecule has 1 unspecified atom stereocenters. The van der Waals surface area contributed by atoms with Crippen molar-refractivity contribution < 1.29 is 15.0 Å². The minimum absolute atomic E-state index is 0.286. The quantitative estimate of drug-likeness (QED) is 0.672. The van der Waals surface area contributed by atoms with Crippen molar-refractivity contribution in [2.75, 3.05) is 6.54 Å². The Balaban J connectivity index is 2.46. The molecule has 1 aromatic rings. The summed E-state index contributed by atoms with van der Waals surface area (Å²) in [7, 11) is 0. The summed E-state index contributed by atoms with van der Waals surface area (Å²) in [4.78, 5) is 10.6. The van der Waals surface area contributed by atoms with Crippen LogP contribution < -0.4 is 5.32 Å². The number of carboxylic acids is 1. The maximum absolute atomic E-state index is 10.6. The van der Waals surface area contributed by atoms with Crippen LogP contribution in [0.1, 0.15) is 22.8 Å². The van der Waals surface area contributed by atoms with Gasteiger partial charge < -0.3 is 15.5 Å². The monoisotopic (exact) mass is 209 g/mol. The van der Waals surface area contributed by atoms with Gasteiger partial charge in [0.2, 0.25) is 0 Å². The Hall–Kier alpha value is -1.39. The molecule has 0 spiro atoms. The van der Waals surface area contributed by atoms with Crippen LogP contribution in [0.15, 0.2) is 24.3 Å². The van der Waals surface area contributed by atoms with Crippen molar-refractivity contribution >= 4 is 5.97 Å². The van der Waals surface area contributed by atoms with Crippen LogP contribution in [-0.4, -0.2) is 28.8 Å². The maximum atomic E-state index is 10.6. The van der Waals surface area contributed by atoms with Crippen molar-refractivity contribution in [2.45, 2.75) is 19.6 Å². The molecule has 0 heterocycles. The Morgan fingerprint density at radius 3 is 2.47 bits per heavy atom. The molecular formula is C11H15NO3. The Morgan fingerprint density at radius 2 is 2.00 bits per heavy atom. The zero-order valence-corrected chi connectivity index (χ0v) is 8.60. The van der Waals surface area contributed by atoms with Gasteiger partial charge >= 0.3 is 5.97 Å². The number of aliphatic hydroxyl groups excluding tert-OH is 1. The van der Waals surface area contributed by atoms with Crippen LogP contribution in [0.5, 0.6) is 0 Å². The lowest BCUT2D eigenvalue weighted by Gasteiger charge is -2.06. The summed E-state index contributed by atoms with van der Waals surface area (Å²) in [5.74, 6) is -0.918. The highest BCUT2D eigenvalue weighted by molar-refractivity contribution is 5.87. The summed E-state index contributed by atoms with van der Waals surface area (Å²) < 4.78 is 0. The van der Waals surface area contributed by atoms with Gasteiger partial charge in [0.15, 0.2) is 0 Å². The summed E-state index contributed by atoms with van der Waals surface area (Å²) in [6.45, 7) is 2.87. The highest BCUT2D eigenvalue weighted by Crippen LogP contribution is 2.03. The molecule has 4 heteroatoms. The van der Waals surface area contributed by atoms with Crippen LogP contribution >= 0.6 is 0 Å². The number of nitrogens with one attached hydrogen (secondary N) is 1. The molecule has 0 saturated carbocycles. The van der Waals surface area contributed by atoms with E-state index in [0.29, 0.717) is 13.1 Å². The maximum Gasteiger partial charge on any atom is 0.335 e. The molecule has 0 aliphatic heterocycles. The van der Waals surface area contributed by atoms with Crippen LogP contribution in [0, 0.1) is 0 Å². The molecule has 0 aliphatic carbocycles. The van der Waals surface area contributed by atoms with E-state index in [1.807, 2.05) is 0 Å². The van der Waals surface area contributed by atoms with Gasteiger partial charge in [-0.3, -0.25) is 0 Å². The van der Waals surface area contributed by atoms with Gasteiger partial charge in [0, 0.05) is 13.1 Å². The molecule has 0 saturated heterocycles. The van der Waals surface area contributed by atoms with E-state index >= 15 is 0 Å². The van der Waals surface area contributed by atoms with Gasteiger partial charge in [-0.2, -0.15) is 0 Å². The fourth-order valence-electron chi connectivity index (χ4n) is 1.19. The fourth-order valence-corrected chi connectivity index (χ4v) is 1.19. The van der Waals surface area contributed by atoms with E-state index in [4.69, 9.17) is 10.2 Å². The normalized spacial score (nSPS) is 12.4. The molecule has 1 aromatic carbocycles. The van der Waals surface area contributed by atoms with Crippen molar-refractivity contribution in [2.24, 2.45) is 0 Å². The van der Waals surface area contributed by atoms with Crippen molar-refractivity contribution in [1.82, 2.24) is 5.32 Å². The van der Waals surface area contributed by atoms with Crippen molar-refractivity contribution in [3.63, 3.8) is 0 Å². The lowest BCUT2D eigenvalue weighted by molar-refractivity contribution is 0.0697. The van der Waals surface area contributed by atoms with Gasteiger partial charge in [0.1, 0.15) is 0 Å². The number of aliphatic hydroxyl groups is 1. The van der Waals surface area contributed by atoms with Crippen LogP contribution in [0.3, 0.4) is 0 Å². The minimum atomic E-state index is -0.918. The van der Waals surface area contributed by atoms with Gasteiger partial charge in [-0.25, -0.2) is 4.79 Å². The lowest BCUT2D eigenvalue weighted by atomic mass is 10.1. The predicted molar refractivity (Wildman–Crippen MR) is 56.8 cm³/mol. The second-order valence-corrected chi connectivity index (χ2v) is 3.48. The third kappa shape index (κ3) is 4.10. The number of benzene rings is 1. The third-order valence-electron chi connectivity index (χ3n) is 1.97. The molecule has 0 amide bonds. The first-order chi connectivity index (χ1) is 7.09. The molecule has 0 aromatic heterocycles. The molecule has 0 radical (unpaired) electrons. The number of aromatic carboxylic acids is 1. The topological polar surface area (TPSA) is 69.6 Å². The van der Waals surface area contributed by atoms with Crippen LogP contribution in [0.4, 0.5) is 0 Å². The Labute approximate surface area is 88.6 Å². The second-order valence-electron chi connectivity index (χ2n) is 3.48. The predicted octanol–water partition coefficient (Wildman–Crippen LogP) is 0.855. The molecule has 15 heavy (non-hydrogen) atoms. The van der Waals surface area contributed by atoms with Gasteiger partial charge in [-0.1, -0.05) is 12.1 Å². The highest BCUT2D eigenvalue weighted by atomic mass is 16.4. The average Bonchev–Trinajstić information content (AvgIpc) is 2.18. The first-order valence-corrected chi connectivity index (χ1v) is 4.80. The Morgan fingerprint density at radius 1 is 1.40 bits per heavy atom. The lowest BCUT2D eigenvalue weighted by Crippen LogP contribution is -2.23. The van der Waals surface area contributed by atoms with E-state index in [9.17, 15) is 4.79 Å². The van der Waals surface area contributed by atoms with Crippen LogP contribution in [-0.2, 0) is 6.54 Å². The van der Waals surface area contributed by atoms with E-state index in [1.54, 1.807) is 31.2 Å². The van der Waals surface area contributed by atoms with Crippen molar-refractivity contribution in [1.29, 1.82) is 0 Å². The minimum Gasteiger partial charge on any atom is -0.478 e. The number of rotatable bonds is 5. The number of carboxylic acid groups (broad SMARTS) is 1. The fraction of sp³-hybridized carbons (Fsp3) is 0.364. The van der Waals surface area contributed by atoms with Gasteiger partial charge in [-0.15, -0.1) is 0 Å². The van der Waals surface area contributed by atoms with Gasteiger partial charge in [0.25, 0.3) is 0 Å². The summed E-state index contributed by atoms with van der Waals surface area (Å²) >= 11 is 0. The van der Waals surface area contributed by atoms with Crippen LogP contribution in [0.25, 0.3) is 0 Å². The van der Waals surface area contributed by atoms with E-state index < -0.39 is 5.97 Å². The van der Waals surface area contributed by atoms with Gasteiger partial charge in [-0.05, 0) is 24.6 Å². The second kappa shape index (κ2) is 5.48. The van der Waals surface area contributed by atoms with E-state index in [-0.39, 0.29) is 11.7 Å². The molecule has 82 valence electrons. The molecule has 1 atom stereocenters. The largest absolute Gasteiger partial charge is 0.478 e. The smallest absolute Gasteiger partial charge is 0.335 e. The molecule has 0 bridgehead atoms. The number of hydrogen-bond acceptors (Lipinski definition) is 3. The van der Waals surface area contributed by atoms with Gasteiger partial charge in [0.05, 0.1) is 11.7 Å². The Kier molecular flexibility index (Phi) is 4.27. The van der Waals surface area contributed by atoms with Crippen molar-refractivity contribution in [3.8, 4) is 0 Å². The van der Waals surface area contributed by atoms with Crippen LogP contribution in [0.2, 0.25) is 0 Å². The van der Waals surface area contributed by atoms with E-state index in [0.717, 1.165) is 5.56 Å². The number of hydrogen-bond donors (Lipinski definition) is 3. The molecule has 3 N–H and O–H groups in total. The first-order valence-electron chi connectivity index (χ1n) is 4.80. The van der Waals surface area contributed by atoms with E-state index in [1.165, 1.54) is 0 Å². The third-order valence-corrected chi connectivity index (χ3v) is 1.97. The number of carbonyl (C=O) groups is 1. The molecule has 1 rings (SSSR count). The molecule has 0 fully saturated rings. The molecular weight excluding hydrogens is 194 g/mol. The standard InChI is InChI=1S/C11H15NO3/c1-8(13)6-12-7-9-2-4-10(5-3-9)11(14)15/h2-5,8,12-13H,6-7H2,1H3,(H,14,15). The molecule has 4 nitrogen and oxygen atoms in total. The summed E-state index contributed by atoms with van der Waals surface area (Å²) in [5.41, 5.74) is 1.29. The van der Waals surface area contributed by atoms with Crippen molar-refractivity contribution in [3.05, 3.63) is 35.4 Å². The summed E-state index contributed by atoms with van der Waals surface area (Å²) in [6.07, 6.45) is -0.372. The first kappa shape index (κ1) is 11.7. The SMILES string of the molecule is CC(O)CNCc1ccc(C(=O)O)cc1. The summed E-state index contributed by atoms with van der Waals surface area (Å²) in [6, 6.07) is 6.67. The zero-order chi connectivity index (χ0) is 11.3. The average molecular weight is 209 g/mol. The summed E-state index contributed by atoms with van der Waals surface area (Å²) in [5, 5.41) is 20.7. The van der Waals surface area contributed by atoms with E-state index in [2.05, 4.69) is 5.32 Å². The zero-order valence-electron chi connectivity index (χ0n) is 8.60. The Bertz CT molecular complexity index is 319. The molecule has 0 aliphatic rings.